The normalized spacial score (nSPS) is 10.7. The fourth-order valence-electron chi connectivity index (χ4n) is 2.17. The van der Waals surface area contributed by atoms with Gasteiger partial charge in [0.1, 0.15) is 17.1 Å². The van der Waals surface area contributed by atoms with Crippen LogP contribution in [0, 0.1) is 0 Å². The summed E-state index contributed by atoms with van der Waals surface area (Å²) in [7, 11) is 1.83. The first-order valence-electron chi connectivity index (χ1n) is 6.47. The van der Waals surface area contributed by atoms with Crippen LogP contribution >= 0.6 is 0 Å². The van der Waals surface area contributed by atoms with Gasteiger partial charge in [-0.1, -0.05) is 0 Å². The van der Waals surface area contributed by atoms with Gasteiger partial charge in [0.2, 0.25) is 5.91 Å². The SMILES string of the molecule is CCNC(=O)CCc1nc2c(C=O)c(O)ccc2n1C. The molecule has 2 rings (SSSR count). The number of benzene rings is 1. The van der Waals surface area contributed by atoms with Crippen LogP contribution in [0.2, 0.25) is 0 Å². The minimum absolute atomic E-state index is 0.0296. The Morgan fingerprint density at radius 1 is 1.50 bits per heavy atom. The molecular formula is C14H17N3O3. The van der Waals surface area contributed by atoms with Crippen molar-refractivity contribution in [2.24, 2.45) is 7.05 Å². The van der Waals surface area contributed by atoms with Crippen molar-refractivity contribution in [1.82, 2.24) is 14.9 Å². The number of aryl methyl sites for hydroxylation is 2. The molecule has 6 heteroatoms. The molecule has 0 spiro atoms. The van der Waals surface area contributed by atoms with Gasteiger partial charge in [-0.15, -0.1) is 0 Å². The third-order valence-electron chi connectivity index (χ3n) is 3.23. The van der Waals surface area contributed by atoms with Gasteiger partial charge >= 0.3 is 0 Å². The van der Waals surface area contributed by atoms with Crippen LogP contribution in [0.4, 0.5) is 0 Å². The molecule has 1 aromatic heterocycles. The largest absolute Gasteiger partial charge is 0.507 e. The maximum atomic E-state index is 11.5. The van der Waals surface area contributed by atoms with Crippen molar-refractivity contribution in [2.75, 3.05) is 6.54 Å². The molecule has 6 nitrogen and oxygen atoms in total. The minimum Gasteiger partial charge on any atom is -0.507 e. The van der Waals surface area contributed by atoms with Gasteiger partial charge in [0.25, 0.3) is 0 Å². The predicted molar refractivity (Wildman–Crippen MR) is 74.8 cm³/mol. The fraction of sp³-hybridized carbons (Fsp3) is 0.357. The van der Waals surface area contributed by atoms with Gasteiger partial charge in [-0.05, 0) is 19.1 Å². The molecule has 0 aliphatic carbocycles. The van der Waals surface area contributed by atoms with E-state index in [0.29, 0.717) is 37.0 Å². The van der Waals surface area contributed by atoms with Crippen LogP contribution in [0.3, 0.4) is 0 Å². The lowest BCUT2D eigenvalue weighted by molar-refractivity contribution is -0.120. The molecule has 1 aromatic carbocycles. The average molecular weight is 275 g/mol. The molecule has 0 fully saturated rings. The van der Waals surface area contributed by atoms with Gasteiger partial charge in [-0.25, -0.2) is 4.98 Å². The summed E-state index contributed by atoms with van der Waals surface area (Å²) >= 11 is 0. The van der Waals surface area contributed by atoms with E-state index in [2.05, 4.69) is 10.3 Å². The van der Waals surface area contributed by atoms with Gasteiger partial charge < -0.3 is 15.0 Å². The number of carbonyl (C=O) groups excluding carboxylic acids is 2. The number of hydrogen-bond donors (Lipinski definition) is 2. The number of aldehydes is 1. The maximum absolute atomic E-state index is 11.5. The van der Waals surface area contributed by atoms with Crippen molar-refractivity contribution in [1.29, 1.82) is 0 Å². The molecule has 0 aliphatic rings. The van der Waals surface area contributed by atoms with Crippen molar-refractivity contribution in [3.8, 4) is 5.75 Å². The van der Waals surface area contributed by atoms with Crippen molar-refractivity contribution in [3.05, 3.63) is 23.5 Å². The zero-order valence-electron chi connectivity index (χ0n) is 11.5. The fourth-order valence-corrected chi connectivity index (χ4v) is 2.17. The lowest BCUT2D eigenvalue weighted by Crippen LogP contribution is -2.23. The van der Waals surface area contributed by atoms with E-state index < -0.39 is 0 Å². The van der Waals surface area contributed by atoms with E-state index in [4.69, 9.17) is 0 Å². The Morgan fingerprint density at radius 3 is 2.90 bits per heavy atom. The molecule has 0 saturated carbocycles. The van der Waals surface area contributed by atoms with Crippen molar-refractivity contribution >= 4 is 23.2 Å². The van der Waals surface area contributed by atoms with E-state index >= 15 is 0 Å². The predicted octanol–water partition coefficient (Wildman–Crippen LogP) is 1.16. The number of aromatic hydroxyl groups is 1. The summed E-state index contributed by atoms with van der Waals surface area (Å²) in [6.07, 6.45) is 1.42. The van der Waals surface area contributed by atoms with Gasteiger partial charge in [0.15, 0.2) is 6.29 Å². The Balaban J connectivity index is 2.34. The van der Waals surface area contributed by atoms with Crippen LogP contribution < -0.4 is 5.32 Å². The highest BCUT2D eigenvalue weighted by Gasteiger charge is 2.14. The number of carbonyl (C=O) groups is 2. The molecule has 0 unspecified atom stereocenters. The second-order valence-electron chi connectivity index (χ2n) is 4.52. The Bertz CT molecular complexity index is 661. The summed E-state index contributed by atoms with van der Waals surface area (Å²) in [5.74, 6) is 0.596. The maximum Gasteiger partial charge on any atom is 0.220 e. The van der Waals surface area contributed by atoms with Crippen LogP contribution in [0.5, 0.6) is 5.75 Å². The summed E-state index contributed by atoms with van der Waals surface area (Å²) in [5, 5.41) is 12.4. The number of aromatic nitrogens is 2. The second kappa shape index (κ2) is 5.73. The van der Waals surface area contributed by atoms with Crippen LogP contribution in [0.25, 0.3) is 11.0 Å². The zero-order valence-corrected chi connectivity index (χ0v) is 11.5. The summed E-state index contributed by atoms with van der Waals surface area (Å²) in [5.41, 5.74) is 1.41. The number of fused-ring (bicyclic) bond motifs is 1. The topological polar surface area (TPSA) is 84.2 Å². The molecule has 0 atom stereocenters. The highest BCUT2D eigenvalue weighted by atomic mass is 16.3. The number of rotatable bonds is 5. The van der Waals surface area contributed by atoms with E-state index in [-0.39, 0.29) is 17.2 Å². The minimum atomic E-state index is -0.0825. The summed E-state index contributed by atoms with van der Waals surface area (Å²) in [6.45, 7) is 2.47. The quantitative estimate of drug-likeness (QED) is 0.802. The Labute approximate surface area is 116 Å². The van der Waals surface area contributed by atoms with Crippen LogP contribution in [0.1, 0.15) is 29.5 Å². The van der Waals surface area contributed by atoms with E-state index in [1.807, 2.05) is 18.5 Å². The monoisotopic (exact) mass is 275 g/mol. The molecule has 20 heavy (non-hydrogen) atoms. The lowest BCUT2D eigenvalue weighted by Gasteiger charge is -2.03. The number of imidazole rings is 1. The highest BCUT2D eigenvalue weighted by Crippen LogP contribution is 2.25. The third-order valence-corrected chi connectivity index (χ3v) is 3.23. The van der Waals surface area contributed by atoms with E-state index in [1.165, 1.54) is 6.07 Å². The Kier molecular flexibility index (Phi) is 4.02. The number of amides is 1. The number of nitrogens with one attached hydrogen (secondary N) is 1. The van der Waals surface area contributed by atoms with Gasteiger partial charge in [0, 0.05) is 26.4 Å². The summed E-state index contributed by atoms with van der Waals surface area (Å²) < 4.78 is 1.83. The second-order valence-corrected chi connectivity index (χ2v) is 4.52. The van der Waals surface area contributed by atoms with E-state index in [1.54, 1.807) is 6.07 Å². The van der Waals surface area contributed by atoms with Crippen LogP contribution in [-0.2, 0) is 18.3 Å². The molecule has 2 N–H and O–H groups in total. The molecule has 1 heterocycles. The standard InChI is InChI=1S/C14H17N3O3/c1-3-15-13(20)7-6-12-16-14-9(8-18)11(19)5-4-10(14)17(12)2/h4-5,8,19H,3,6-7H2,1-2H3,(H,15,20). The van der Waals surface area contributed by atoms with Gasteiger partial charge in [-0.2, -0.15) is 0 Å². The number of nitrogens with zero attached hydrogens (tertiary/aromatic N) is 2. The van der Waals surface area contributed by atoms with Crippen molar-refractivity contribution in [2.45, 2.75) is 19.8 Å². The Morgan fingerprint density at radius 2 is 2.25 bits per heavy atom. The lowest BCUT2D eigenvalue weighted by atomic mass is 10.2. The molecule has 0 bridgehead atoms. The molecule has 2 aromatic rings. The number of phenols is 1. The molecule has 0 aliphatic heterocycles. The number of hydrogen-bond acceptors (Lipinski definition) is 4. The first-order chi connectivity index (χ1) is 9.58. The average Bonchev–Trinajstić information content (AvgIpc) is 2.74. The smallest absolute Gasteiger partial charge is 0.220 e. The van der Waals surface area contributed by atoms with Crippen LogP contribution in [0.15, 0.2) is 12.1 Å². The first kappa shape index (κ1) is 14.0. The van der Waals surface area contributed by atoms with Crippen molar-refractivity contribution < 1.29 is 14.7 Å². The van der Waals surface area contributed by atoms with Crippen LogP contribution in [-0.4, -0.2) is 33.4 Å². The van der Waals surface area contributed by atoms with Gasteiger partial charge in [-0.3, -0.25) is 9.59 Å². The molecule has 106 valence electrons. The molecule has 1 amide bonds. The summed E-state index contributed by atoms with van der Waals surface area (Å²) in [4.78, 5) is 26.9. The Hall–Kier alpha value is -2.37. The number of phenolic OH excluding ortho intramolecular Hbond substituents is 1. The first-order valence-corrected chi connectivity index (χ1v) is 6.47. The zero-order chi connectivity index (χ0) is 14.7. The summed E-state index contributed by atoms with van der Waals surface area (Å²) in [6, 6.07) is 3.18. The molecule has 0 saturated heterocycles. The third kappa shape index (κ3) is 2.49. The highest BCUT2D eigenvalue weighted by molar-refractivity contribution is 5.97. The van der Waals surface area contributed by atoms with Crippen molar-refractivity contribution in [3.63, 3.8) is 0 Å². The van der Waals surface area contributed by atoms with E-state index in [0.717, 1.165) is 5.52 Å². The van der Waals surface area contributed by atoms with E-state index in [9.17, 15) is 14.7 Å². The molecular weight excluding hydrogens is 258 g/mol. The molecule has 0 radical (unpaired) electrons. The van der Waals surface area contributed by atoms with Gasteiger partial charge in [0.05, 0.1) is 11.1 Å².